The molecule has 0 spiro atoms. The van der Waals surface area contributed by atoms with E-state index >= 15 is 0 Å². The van der Waals surface area contributed by atoms with E-state index in [0.29, 0.717) is 18.1 Å². The van der Waals surface area contributed by atoms with Crippen LogP contribution in [0.4, 0.5) is 0 Å². The summed E-state index contributed by atoms with van der Waals surface area (Å²) in [6, 6.07) is 8.51. The van der Waals surface area contributed by atoms with E-state index in [-0.39, 0.29) is 4.90 Å². The van der Waals surface area contributed by atoms with Gasteiger partial charge in [0.2, 0.25) is 10.0 Å². The molecule has 0 amide bonds. The van der Waals surface area contributed by atoms with E-state index in [2.05, 4.69) is 4.72 Å². The molecule has 102 valence electrons. The molecule has 0 unspecified atom stereocenters. The highest BCUT2D eigenvalue weighted by molar-refractivity contribution is 7.89. The average molecular weight is 299 g/mol. The first-order chi connectivity index (χ1) is 8.99. The second kappa shape index (κ2) is 5.77. The Balaban J connectivity index is 2.03. The first-order valence-corrected chi connectivity index (χ1v) is 7.72. The Labute approximate surface area is 118 Å². The summed E-state index contributed by atoms with van der Waals surface area (Å²) in [5.74, 6) is 0. The Morgan fingerprint density at radius 1 is 1.26 bits per heavy atom. The van der Waals surface area contributed by atoms with E-state index in [4.69, 9.17) is 11.6 Å². The largest absolute Gasteiger partial charge is 0.353 e. The molecule has 0 atom stereocenters. The summed E-state index contributed by atoms with van der Waals surface area (Å²) >= 11 is 5.94. The van der Waals surface area contributed by atoms with E-state index in [9.17, 15) is 8.42 Å². The standard InChI is InChI=1S/C13H15ClN2O2S/c1-11-4-5-12(10-13(11)14)19(17,18)15-6-9-16-7-2-3-8-16/h2-5,7-8,10,15H,6,9H2,1H3. The number of rotatable bonds is 5. The number of benzene rings is 1. The van der Waals surface area contributed by atoms with Gasteiger partial charge in [0.15, 0.2) is 0 Å². The molecule has 19 heavy (non-hydrogen) atoms. The molecule has 1 aromatic carbocycles. The quantitative estimate of drug-likeness (QED) is 0.922. The Hall–Kier alpha value is -1.30. The van der Waals surface area contributed by atoms with E-state index in [0.717, 1.165) is 5.56 Å². The number of hydrogen-bond acceptors (Lipinski definition) is 2. The summed E-state index contributed by atoms with van der Waals surface area (Å²) in [7, 11) is -3.50. The fraction of sp³-hybridized carbons (Fsp3) is 0.231. The highest BCUT2D eigenvalue weighted by atomic mass is 35.5. The maximum atomic E-state index is 12.0. The second-order valence-electron chi connectivity index (χ2n) is 4.23. The zero-order valence-corrected chi connectivity index (χ0v) is 12.1. The van der Waals surface area contributed by atoms with Crippen LogP contribution in [-0.4, -0.2) is 19.5 Å². The molecule has 4 nitrogen and oxygen atoms in total. The summed E-state index contributed by atoms with van der Waals surface area (Å²) in [5, 5.41) is 0.452. The van der Waals surface area contributed by atoms with Crippen molar-refractivity contribution >= 4 is 21.6 Å². The van der Waals surface area contributed by atoms with Gasteiger partial charge < -0.3 is 4.57 Å². The van der Waals surface area contributed by atoms with Crippen LogP contribution in [0.2, 0.25) is 5.02 Å². The Kier molecular flexibility index (Phi) is 4.29. The molecular formula is C13H15ClN2O2S. The Morgan fingerprint density at radius 2 is 1.95 bits per heavy atom. The lowest BCUT2D eigenvalue weighted by atomic mass is 10.2. The number of nitrogens with zero attached hydrogens (tertiary/aromatic N) is 1. The predicted molar refractivity (Wildman–Crippen MR) is 75.8 cm³/mol. The molecule has 1 N–H and O–H groups in total. The number of aromatic nitrogens is 1. The second-order valence-corrected chi connectivity index (χ2v) is 6.40. The first kappa shape index (κ1) is 14.1. The highest BCUT2D eigenvalue weighted by Crippen LogP contribution is 2.19. The topological polar surface area (TPSA) is 51.1 Å². The van der Waals surface area contributed by atoms with E-state index < -0.39 is 10.0 Å². The third-order valence-corrected chi connectivity index (χ3v) is 4.65. The maximum absolute atomic E-state index is 12.0. The molecule has 0 aliphatic carbocycles. The zero-order valence-electron chi connectivity index (χ0n) is 10.5. The summed E-state index contributed by atoms with van der Waals surface area (Å²) < 4.78 is 28.6. The molecule has 1 aromatic heterocycles. The third kappa shape index (κ3) is 3.59. The zero-order chi connectivity index (χ0) is 13.9. The summed E-state index contributed by atoms with van der Waals surface area (Å²) in [5.41, 5.74) is 0.855. The molecule has 2 aromatic rings. The van der Waals surface area contributed by atoms with E-state index in [1.807, 2.05) is 36.0 Å². The van der Waals surface area contributed by atoms with E-state index in [1.165, 1.54) is 6.07 Å². The van der Waals surface area contributed by atoms with Gasteiger partial charge in [-0.2, -0.15) is 0 Å². The number of halogens is 1. The fourth-order valence-electron chi connectivity index (χ4n) is 1.65. The minimum atomic E-state index is -3.50. The minimum absolute atomic E-state index is 0.190. The number of hydrogen-bond donors (Lipinski definition) is 1. The van der Waals surface area contributed by atoms with Crippen molar-refractivity contribution in [2.24, 2.45) is 0 Å². The van der Waals surface area contributed by atoms with Gasteiger partial charge in [-0.05, 0) is 36.8 Å². The van der Waals surface area contributed by atoms with Crippen LogP contribution in [0, 0.1) is 6.92 Å². The predicted octanol–water partition coefficient (Wildman–Crippen LogP) is 2.43. The molecule has 0 aliphatic heterocycles. The summed E-state index contributed by atoms with van der Waals surface area (Å²) in [6.45, 7) is 2.76. The van der Waals surface area contributed by atoms with Crippen molar-refractivity contribution in [1.29, 1.82) is 0 Å². The molecule has 0 aliphatic rings. The first-order valence-electron chi connectivity index (χ1n) is 5.85. The van der Waals surface area contributed by atoms with Crippen molar-refractivity contribution in [3.05, 3.63) is 53.3 Å². The molecule has 1 heterocycles. The van der Waals surface area contributed by atoms with Gasteiger partial charge in [-0.1, -0.05) is 17.7 Å². The molecule has 0 bridgehead atoms. The van der Waals surface area contributed by atoms with Crippen molar-refractivity contribution in [1.82, 2.24) is 9.29 Å². The van der Waals surface area contributed by atoms with Crippen LogP contribution < -0.4 is 4.72 Å². The molecular weight excluding hydrogens is 284 g/mol. The van der Waals surface area contributed by atoms with Gasteiger partial charge in [-0.15, -0.1) is 0 Å². The Bertz CT molecular complexity index is 651. The van der Waals surface area contributed by atoms with Gasteiger partial charge in [-0.3, -0.25) is 0 Å². The van der Waals surface area contributed by atoms with Gasteiger partial charge in [0.1, 0.15) is 0 Å². The fourth-order valence-corrected chi connectivity index (χ4v) is 2.94. The monoisotopic (exact) mass is 298 g/mol. The van der Waals surface area contributed by atoms with Crippen LogP contribution in [0.5, 0.6) is 0 Å². The SMILES string of the molecule is Cc1ccc(S(=O)(=O)NCCn2cccc2)cc1Cl. The van der Waals surface area contributed by atoms with Crippen LogP contribution >= 0.6 is 11.6 Å². The van der Waals surface area contributed by atoms with Crippen molar-refractivity contribution in [3.63, 3.8) is 0 Å². The number of sulfonamides is 1. The normalized spacial score (nSPS) is 11.7. The van der Waals surface area contributed by atoms with Crippen molar-refractivity contribution in [2.75, 3.05) is 6.54 Å². The lowest BCUT2D eigenvalue weighted by Crippen LogP contribution is -2.27. The van der Waals surface area contributed by atoms with Crippen LogP contribution in [-0.2, 0) is 16.6 Å². The third-order valence-electron chi connectivity index (χ3n) is 2.78. The van der Waals surface area contributed by atoms with Crippen LogP contribution in [0.1, 0.15) is 5.56 Å². The maximum Gasteiger partial charge on any atom is 0.240 e. The van der Waals surface area contributed by atoms with Gasteiger partial charge >= 0.3 is 0 Å². The molecule has 0 saturated carbocycles. The van der Waals surface area contributed by atoms with Crippen LogP contribution in [0.15, 0.2) is 47.6 Å². The number of nitrogens with one attached hydrogen (secondary N) is 1. The van der Waals surface area contributed by atoms with Crippen molar-refractivity contribution < 1.29 is 8.42 Å². The minimum Gasteiger partial charge on any atom is -0.353 e. The van der Waals surface area contributed by atoms with Gasteiger partial charge in [0.05, 0.1) is 4.90 Å². The van der Waals surface area contributed by atoms with Crippen LogP contribution in [0.3, 0.4) is 0 Å². The number of aryl methyl sites for hydroxylation is 1. The summed E-state index contributed by atoms with van der Waals surface area (Å²) in [6.07, 6.45) is 3.77. The van der Waals surface area contributed by atoms with Crippen molar-refractivity contribution in [3.8, 4) is 0 Å². The highest BCUT2D eigenvalue weighted by Gasteiger charge is 2.14. The smallest absolute Gasteiger partial charge is 0.240 e. The van der Waals surface area contributed by atoms with Crippen LogP contribution in [0.25, 0.3) is 0 Å². The van der Waals surface area contributed by atoms with E-state index in [1.54, 1.807) is 12.1 Å². The molecule has 0 radical (unpaired) electrons. The lowest BCUT2D eigenvalue weighted by molar-refractivity contribution is 0.573. The molecule has 2 rings (SSSR count). The molecule has 6 heteroatoms. The summed E-state index contributed by atoms with van der Waals surface area (Å²) in [4.78, 5) is 0.190. The molecule has 0 fully saturated rings. The average Bonchev–Trinajstić information content (AvgIpc) is 2.85. The molecule has 0 saturated heterocycles. The Morgan fingerprint density at radius 3 is 2.58 bits per heavy atom. The van der Waals surface area contributed by atoms with Gasteiger partial charge in [-0.25, -0.2) is 13.1 Å². The lowest BCUT2D eigenvalue weighted by Gasteiger charge is -2.08. The van der Waals surface area contributed by atoms with Gasteiger partial charge in [0.25, 0.3) is 0 Å². The van der Waals surface area contributed by atoms with Crippen molar-refractivity contribution in [2.45, 2.75) is 18.4 Å². The van der Waals surface area contributed by atoms with Gasteiger partial charge in [0, 0.05) is 30.5 Å².